The molecule has 0 saturated carbocycles. The van der Waals surface area contributed by atoms with Crippen LogP contribution in [0.5, 0.6) is 5.75 Å². The SMILES string of the molecule is Cc1cc(C(C#N)c2ccc(Cl)cc2)c(Cl)cc1NC(=O)c1cc(I)c(I)cc1O. The molecule has 0 radical (unpaired) electrons. The third-order valence-corrected chi connectivity index (χ3v) is 7.91. The summed E-state index contributed by atoms with van der Waals surface area (Å²) < 4.78 is 1.72. The quantitative estimate of drug-likeness (QED) is 0.292. The fourth-order valence-corrected chi connectivity index (χ4v) is 4.26. The highest BCUT2D eigenvalue weighted by atomic mass is 127. The van der Waals surface area contributed by atoms with Gasteiger partial charge in [-0.1, -0.05) is 41.4 Å². The summed E-state index contributed by atoms with van der Waals surface area (Å²) in [6.07, 6.45) is 0. The molecule has 0 aromatic heterocycles. The lowest BCUT2D eigenvalue weighted by atomic mass is 9.91. The number of benzene rings is 3. The molecule has 30 heavy (non-hydrogen) atoms. The standard InChI is InChI=1S/C22H14Cl2I2N2O2/c1-11-6-14(16(10-27)12-2-4-13(23)5-3-12)17(24)8-20(11)28-22(30)15-7-18(25)19(26)9-21(15)29/h2-9,16,29H,1H3,(H,28,30). The Morgan fingerprint density at radius 3 is 2.37 bits per heavy atom. The number of nitriles is 1. The number of nitrogens with one attached hydrogen (secondary N) is 1. The predicted molar refractivity (Wildman–Crippen MR) is 137 cm³/mol. The lowest BCUT2D eigenvalue weighted by Gasteiger charge is -2.16. The third kappa shape index (κ3) is 5.02. The maximum atomic E-state index is 12.7. The van der Waals surface area contributed by atoms with E-state index in [0.29, 0.717) is 21.3 Å². The normalized spacial score (nSPS) is 11.6. The van der Waals surface area contributed by atoms with Crippen LogP contribution in [0.15, 0.2) is 48.5 Å². The van der Waals surface area contributed by atoms with E-state index in [1.807, 2.05) is 6.92 Å². The van der Waals surface area contributed by atoms with Gasteiger partial charge in [0.2, 0.25) is 0 Å². The van der Waals surface area contributed by atoms with Gasteiger partial charge in [-0.2, -0.15) is 5.26 Å². The van der Waals surface area contributed by atoms with Gasteiger partial charge >= 0.3 is 0 Å². The lowest BCUT2D eigenvalue weighted by molar-refractivity contribution is 0.102. The zero-order valence-electron chi connectivity index (χ0n) is 15.5. The highest BCUT2D eigenvalue weighted by Gasteiger charge is 2.20. The molecule has 1 atom stereocenters. The Morgan fingerprint density at radius 2 is 1.73 bits per heavy atom. The van der Waals surface area contributed by atoms with Gasteiger partial charge in [-0.05, 0) is 99.1 Å². The predicted octanol–water partition coefficient (Wildman–Crippen LogP) is 7.12. The van der Waals surface area contributed by atoms with Crippen LogP contribution in [-0.2, 0) is 0 Å². The fourth-order valence-electron chi connectivity index (χ4n) is 2.95. The van der Waals surface area contributed by atoms with E-state index in [4.69, 9.17) is 23.2 Å². The van der Waals surface area contributed by atoms with E-state index in [1.165, 1.54) is 0 Å². The summed E-state index contributed by atoms with van der Waals surface area (Å²) in [5.41, 5.74) is 2.85. The average molecular weight is 663 g/mol. The highest BCUT2D eigenvalue weighted by molar-refractivity contribution is 14.1. The molecule has 3 aromatic carbocycles. The summed E-state index contributed by atoms with van der Waals surface area (Å²) >= 11 is 16.6. The van der Waals surface area contributed by atoms with Crippen LogP contribution in [0.2, 0.25) is 10.0 Å². The second kappa shape index (κ2) is 9.73. The molecule has 2 N–H and O–H groups in total. The Labute approximate surface area is 211 Å². The number of hydrogen-bond donors (Lipinski definition) is 2. The molecular formula is C22H14Cl2I2N2O2. The minimum atomic E-state index is -0.569. The van der Waals surface area contributed by atoms with Crippen molar-refractivity contribution in [2.75, 3.05) is 5.32 Å². The van der Waals surface area contributed by atoms with E-state index in [-0.39, 0.29) is 11.3 Å². The minimum absolute atomic E-state index is 0.0926. The average Bonchev–Trinajstić information content (AvgIpc) is 2.70. The van der Waals surface area contributed by atoms with Crippen LogP contribution in [-0.4, -0.2) is 11.0 Å². The number of phenolic OH excluding ortho intramolecular Hbond substituents is 1. The molecule has 0 aliphatic heterocycles. The van der Waals surface area contributed by atoms with Gasteiger partial charge in [0.15, 0.2) is 0 Å². The number of aryl methyl sites for hydroxylation is 1. The Morgan fingerprint density at radius 1 is 1.10 bits per heavy atom. The fraction of sp³-hybridized carbons (Fsp3) is 0.0909. The Hall–Kier alpha value is -1.54. The van der Waals surface area contributed by atoms with E-state index >= 15 is 0 Å². The zero-order valence-corrected chi connectivity index (χ0v) is 21.3. The van der Waals surface area contributed by atoms with Crippen LogP contribution >= 0.6 is 68.4 Å². The summed E-state index contributed by atoms with van der Waals surface area (Å²) in [7, 11) is 0. The molecule has 0 spiro atoms. The number of carbonyl (C=O) groups excluding carboxylic acids is 1. The summed E-state index contributed by atoms with van der Waals surface area (Å²) in [5.74, 6) is -1.10. The Bertz CT molecular complexity index is 1180. The first-order chi connectivity index (χ1) is 14.2. The van der Waals surface area contributed by atoms with Crippen molar-refractivity contribution in [2.45, 2.75) is 12.8 Å². The molecule has 1 amide bonds. The van der Waals surface area contributed by atoms with Crippen molar-refractivity contribution in [1.82, 2.24) is 0 Å². The van der Waals surface area contributed by atoms with Gasteiger partial charge in [-0.15, -0.1) is 0 Å². The first kappa shape index (κ1) is 23.1. The van der Waals surface area contributed by atoms with E-state index in [2.05, 4.69) is 56.6 Å². The number of rotatable bonds is 4. The third-order valence-electron chi connectivity index (χ3n) is 4.52. The lowest BCUT2D eigenvalue weighted by Crippen LogP contribution is -2.14. The Kier molecular flexibility index (Phi) is 7.50. The number of anilines is 1. The topological polar surface area (TPSA) is 73.1 Å². The summed E-state index contributed by atoms with van der Waals surface area (Å²) in [5, 5.41) is 23.6. The molecule has 0 bridgehead atoms. The van der Waals surface area contributed by atoms with Crippen LogP contribution in [0.4, 0.5) is 5.69 Å². The molecular weight excluding hydrogens is 649 g/mol. The van der Waals surface area contributed by atoms with Crippen molar-refractivity contribution >= 4 is 80.0 Å². The number of halogens is 4. The number of amides is 1. The molecule has 0 aliphatic carbocycles. The monoisotopic (exact) mass is 662 g/mol. The molecule has 4 nitrogen and oxygen atoms in total. The number of aromatic hydroxyl groups is 1. The van der Waals surface area contributed by atoms with Gasteiger partial charge in [0.1, 0.15) is 5.75 Å². The first-order valence-corrected chi connectivity index (χ1v) is 11.6. The summed E-state index contributed by atoms with van der Waals surface area (Å²) in [4.78, 5) is 12.7. The van der Waals surface area contributed by atoms with Gasteiger partial charge in [-0.25, -0.2) is 0 Å². The van der Waals surface area contributed by atoms with Crippen molar-refractivity contribution in [2.24, 2.45) is 0 Å². The van der Waals surface area contributed by atoms with Gasteiger partial charge < -0.3 is 10.4 Å². The number of carbonyl (C=O) groups is 1. The molecule has 0 saturated heterocycles. The summed E-state index contributed by atoms with van der Waals surface area (Å²) in [6, 6.07) is 15.9. The Balaban J connectivity index is 1.93. The number of nitrogens with zero attached hydrogens (tertiary/aromatic N) is 1. The van der Waals surface area contributed by atoms with Gasteiger partial charge in [0.25, 0.3) is 5.91 Å². The van der Waals surface area contributed by atoms with Crippen LogP contribution in [0.3, 0.4) is 0 Å². The molecule has 1 unspecified atom stereocenters. The second-order valence-electron chi connectivity index (χ2n) is 6.54. The molecule has 3 aromatic rings. The first-order valence-electron chi connectivity index (χ1n) is 8.65. The molecule has 0 aliphatic rings. The zero-order chi connectivity index (χ0) is 22.0. The largest absolute Gasteiger partial charge is 0.507 e. The van der Waals surface area contributed by atoms with Crippen LogP contribution in [0.1, 0.15) is 33.0 Å². The van der Waals surface area contributed by atoms with Gasteiger partial charge in [0.05, 0.1) is 17.6 Å². The summed E-state index contributed by atoms with van der Waals surface area (Å²) in [6.45, 7) is 1.82. The van der Waals surface area contributed by atoms with E-state index in [1.54, 1.807) is 48.5 Å². The molecule has 0 fully saturated rings. The smallest absolute Gasteiger partial charge is 0.259 e. The van der Waals surface area contributed by atoms with Crippen LogP contribution in [0.25, 0.3) is 0 Å². The van der Waals surface area contributed by atoms with Crippen molar-refractivity contribution in [3.8, 4) is 11.8 Å². The van der Waals surface area contributed by atoms with Crippen LogP contribution < -0.4 is 5.32 Å². The molecule has 152 valence electrons. The van der Waals surface area contributed by atoms with E-state index < -0.39 is 11.8 Å². The second-order valence-corrected chi connectivity index (χ2v) is 9.71. The number of phenols is 1. The number of hydrogen-bond acceptors (Lipinski definition) is 3. The van der Waals surface area contributed by atoms with Crippen LogP contribution in [0, 0.1) is 25.4 Å². The molecule has 0 heterocycles. The maximum Gasteiger partial charge on any atom is 0.259 e. The highest BCUT2D eigenvalue weighted by Crippen LogP contribution is 2.35. The molecule has 8 heteroatoms. The van der Waals surface area contributed by atoms with Crippen molar-refractivity contribution in [3.05, 3.63) is 88.0 Å². The van der Waals surface area contributed by atoms with Gasteiger partial charge in [0, 0.05) is 22.9 Å². The van der Waals surface area contributed by atoms with E-state index in [9.17, 15) is 15.2 Å². The van der Waals surface area contributed by atoms with Crippen molar-refractivity contribution in [1.29, 1.82) is 5.26 Å². The van der Waals surface area contributed by atoms with E-state index in [0.717, 1.165) is 18.3 Å². The van der Waals surface area contributed by atoms with Gasteiger partial charge in [-0.3, -0.25) is 4.79 Å². The van der Waals surface area contributed by atoms with Crippen molar-refractivity contribution < 1.29 is 9.90 Å². The molecule has 3 rings (SSSR count). The minimum Gasteiger partial charge on any atom is -0.507 e. The van der Waals surface area contributed by atoms with Crippen molar-refractivity contribution in [3.63, 3.8) is 0 Å². The maximum absolute atomic E-state index is 12.7.